The molecule has 6 nitrogen and oxygen atoms in total. The molecule has 0 bridgehead atoms. The van der Waals surface area contributed by atoms with Crippen molar-refractivity contribution < 1.29 is 14.7 Å². The lowest BCUT2D eigenvalue weighted by atomic mass is 9.96. The van der Waals surface area contributed by atoms with E-state index in [-0.39, 0.29) is 17.5 Å². The Morgan fingerprint density at radius 3 is 2.75 bits per heavy atom. The Morgan fingerprint density at radius 1 is 1.30 bits per heavy atom. The molecule has 1 saturated carbocycles. The molecular weight excluding hydrogens is 258 g/mol. The Balaban J connectivity index is 1.66. The molecule has 2 aliphatic rings. The molecule has 0 spiro atoms. The number of carboxylic acid groups (broad SMARTS) is 1. The summed E-state index contributed by atoms with van der Waals surface area (Å²) in [5.74, 6) is -0.959. The molecule has 2 heterocycles. The Labute approximate surface area is 117 Å². The summed E-state index contributed by atoms with van der Waals surface area (Å²) in [4.78, 5) is 27.2. The summed E-state index contributed by atoms with van der Waals surface area (Å²) in [6, 6.07) is 0.335. The van der Waals surface area contributed by atoms with Crippen LogP contribution in [-0.2, 0) is 17.8 Å². The van der Waals surface area contributed by atoms with Crippen LogP contribution in [0.4, 0.5) is 0 Å². The number of imidazole rings is 1. The van der Waals surface area contributed by atoms with Crippen molar-refractivity contribution in [1.82, 2.24) is 14.9 Å². The summed E-state index contributed by atoms with van der Waals surface area (Å²) in [6.45, 7) is 0.536. The average molecular weight is 277 g/mol. The molecule has 1 aliphatic carbocycles. The molecule has 2 N–H and O–H groups in total. The molecule has 1 aromatic rings. The van der Waals surface area contributed by atoms with Crippen LogP contribution in [0.15, 0.2) is 6.33 Å². The van der Waals surface area contributed by atoms with Gasteiger partial charge in [0.2, 0.25) is 5.91 Å². The molecule has 20 heavy (non-hydrogen) atoms. The van der Waals surface area contributed by atoms with Crippen LogP contribution < -0.4 is 5.32 Å². The zero-order chi connectivity index (χ0) is 14.1. The minimum atomic E-state index is -0.993. The van der Waals surface area contributed by atoms with E-state index in [0.29, 0.717) is 25.4 Å². The smallest absolute Gasteiger partial charge is 0.356 e. The van der Waals surface area contributed by atoms with Crippen LogP contribution in [0.5, 0.6) is 0 Å². The van der Waals surface area contributed by atoms with Gasteiger partial charge < -0.3 is 15.0 Å². The standard InChI is InChI=1S/C14H19N3O3/c18-13(16-10-3-1-2-4-10)9-5-6-11-12(14(19)20)15-8-17(11)7-9/h8-10H,1-7H2,(H,16,18)(H,19,20). The Morgan fingerprint density at radius 2 is 2.05 bits per heavy atom. The molecule has 0 radical (unpaired) electrons. The van der Waals surface area contributed by atoms with E-state index in [2.05, 4.69) is 10.3 Å². The number of amides is 1. The van der Waals surface area contributed by atoms with Crippen LogP contribution in [0.1, 0.15) is 48.3 Å². The van der Waals surface area contributed by atoms with Crippen LogP contribution in [0.2, 0.25) is 0 Å². The van der Waals surface area contributed by atoms with E-state index < -0.39 is 5.97 Å². The number of nitrogens with one attached hydrogen (secondary N) is 1. The highest BCUT2D eigenvalue weighted by Gasteiger charge is 2.29. The second-order valence-corrected chi connectivity index (χ2v) is 5.72. The highest BCUT2D eigenvalue weighted by molar-refractivity contribution is 5.87. The number of hydrogen-bond acceptors (Lipinski definition) is 3. The van der Waals surface area contributed by atoms with Crippen molar-refractivity contribution in [3.63, 3.8) is 0 Å². The van der Waals surface area contributed by atoms with Crippen molar-refractivity contribution >= 4 is 11.9 Å². The van der Waals surface area contributed by atoms with Crippen LogP contribution >= 0.6 is 0 Å². The molecule has 1 fully saturated rings. The fourth-order valence-electron chi connectivity index (χ4n) is 3.25. The van der Waals surface area contributed by atoms with Gasteiger partial charge in [-0.25, -0.2) is 9.78 Å². The topological polar surface area (TPSA) is 84.2 Å². The molecule has 6 heteroatoms. The number of carboxylic acids is 1. The second kappa shape index (κ2) is 5.26. The molecule has 0 saturated heterocycles. The van der Waals surface area contributed by atoms with Gasteiger partial charge in [0.25, 0.3) is 0 Å². The minimum absolute atomic E-state index is 0.0704. The van der Waals surface area contributed by atoms with Gasteiger partial charge in [-0.1, -0.05) is 12.8 Å². The van der Waals surface area contributed by atoms with Crippen molar-refractivity contribution in [2.45, 2.75) is 51.1 Å². The lowest BCUT2D eigenvalue weighted by Crippen LogP contribution is -2.40. The lowest BCUT2D eigenvalue weighted by molar-refractivity contribution is -0.126. The van der Waals surface area contributed by atoms with E-state index in [4.69, 9.17) is 5.11 Å². The molecule has 0 aromatic carbocycles. The number of nitrogens with zero attached hydrogens (tertiary/aromatic N) is 2. The van der Waals surface area contributed by atoms with Crippen molar-refractivity contribution in [2.75, 3.05) is 0 Å². The SMILES string of the molecule is O=C(O)c1ncn2c1CCC(C(=O)NC1CCCC1)C2. The van der Waals surface area contributed by atoms with E-state index in [1.807, 2.05) is 4.57 Å². The summed E-state index contributed by atoms with van der Waals surface area (Å²) in [6.07, 6.45) is 7.39. The van der Waals surface area contributed by atoms with Crippen LogP contribution in [0.25, 0.3) is 0 Å². The fourth-order valence-corrected chi connectivity index (χ4v) is 3.25. The Bertz CT molecular complexity index is 532. The first kappa shape index (κ1) is 13.1. The maximum absolute atomic E-state index is 12.2. The van der Waals surface area contributed by atoms with Gasteiger partial charge in [0.15, 0.2) is 5.69 Å². The predicted octanol–water partition coefficient (Wildman–Crippen LogP) is 1.20. The molecule has 1 aromatic heterocycles. The number of aromatic carboxylic acids is 1. The van der Waals surface area contributed by atoms with Gasteiger partial charge in [-0.05, 0) is 25.7 Å². The van der Waals surface area contributed by atoms with E-state index >= 15 is 0 Å². The van der Waals surface area contributed by atoms with Crippen molar-refractivity contribution in [3.8, 4) is 0 Å². The average Bonchev–Trinajstić information content (AvgIpc) is 3.06. The number of carbonyl (C=O) groups is 2. The van der Waals surface area contributed by atoms with Crippen LogP contribution in [-0.4, -0.2) is 32.6 Å². The Kier molecular flexibility index (Phi) is 3.46. The summed E-state index contributed by atoms with van der Waals surface area (Å²) in [5.41, 5.74) is 0.863. The van der Waals surface area contributed by atoms with Gasteiger partial charge >= 0.3 is 5.97 Å². The molecule has 1 amide bonds. The maximum atomic E-state index is 12.2. The third-order valence-corrected chi connectivity index (χ3v) is 4.37. The van der Waals surface area contributed by atoms with Crippen molar-refractivity contribution in [1.29, 1.82) is 0 Å². The summed E-state index contributed by atoms with van der Waals surface area (Å²) in [5, 5.41) is 12.2. The summed E-state index contributed by atoms with van der Waals surface area (Å²) in [7, 11) is 0. The van der Waals surface area contributed by atoms with E-state index in [0.717, 1.165) is 18.5 Å². The molecule has 1 unspecified atom stereocenters. The van der Waals surface area contributed by atoms with E-state index in [1.54, 1.807) is 0 Å². The second-order valence-electron chi connectivity index (χ2n) is 5.72. The first-order chi connectivity index (χ1) is 9.65. The van der Waals surface area contributed by atoms with Crippen molar-refractivity contribution in [2.24, 2.45) is 5.92 Å². The predicted molar refractivity (Wildman–Crippen MR) is 71.4 cm³/mol. The molecule has 108 valence electrons. The maximum Gasteiger partial charge on any atom is 0.356 e. The third kappa shape index (κ3) is 2.42. The summed E-state index contributed by atoms with van der Waals surface area (Å²) >= 11 is 0. The lowest BCUT2D eigenvalue weighted by Gasteiger charge is -2.25. The third-order valence-electron chi connectivity index (χ3n) is 4.37. The zero-order valence-corrected chi connectivity index (χ0v) is 11.3. The minimum Gasteiger partial charge on any atom is -0.476 e. The quantitative estimate of drug-likeness (QED) is 0.869. The zero-order valence-electron chi connectivity index (χ0n) is 11.3. The van der Waals surface area contributed by atoms with Gasteiger partial charge in [0, 0.05) is 12.6 Å². The van der Waals surface area contributed by atoms with Gasteiger partial charge in [-0.3, -0.25) is 4.79 Å². The molecule has 3 rings (SSSR count). The van der Waals surface area contributed by atoms with Gasteiger partial charge in [-0.2, -0.15) is 0 Å². The summed E-state index contributed by atoms with van der Waals surface area (Å²) < 4.78 is 1.81. The Hall–Kier alpha value is -1.85. The van der Waals surface area contributed by atoms with Crippen molar-refractivity contribution in [3.05, 3.63) is 17.7 Å². The molecular formula is C14H19N3O3. The van der Waals surface area contributed by atoms with E-state index in [9.17, 15) is 9.59 Å². The van der Waals surface area contributed by atoms with Gasteiger partial charge in [0.05, 0.1) is 17.9 Å². The normalized spacial score (nSPS) is 22.5. The van der Waals surface area contributed by atoms with E-state index in [1.165, 1.54) is 19.2 Å². The number of hydrogen-bond donors (Lipinski definition) is 2. The van der Waals surface area contributed by atoms with Crippen LogP contribution in [0, 0.1) is 5.92 Å². The number of fused-ring (bicyclic) bond motifs is 1. The number of aromatic nitrogens is 2. The van der Waals surface area contributed by atoms with Gasteiger partial charge in [-0.15, -0.1) is 0 Å². The molecule has 1 atom stereocenters. The monoisotopic (exact) mass is 277 g/mol. The van der Waals surface area contributed by atoms with Gasteiger partial charge in [0.1, 0.15) is 0 Å². The number of rotatable bonds is 3. The largest absolute Gasteiger partial charge is 0.476 e. The molecule has 1 aliphatic heterocycles. The highest BCUT2D eigenvalue weighted by Crippen LogP contribution is 2.24. The fraction of sp³-hybridized carbons (Fsp3) is 0.643. The highest BCUT2D eigenvalue weighted by atomic mass is 16.4. The first-order valence-electron chi connectivity index (χ1n) is 7.23. The number of carbonyl (C=O) groups excluding carboxylic acids is 1. The first-order valence-corrected chi connectivity index (χ1v) is 7.23. The van der Waals surface area contributed by atoms with Crippen LogP contribution in [0.3, 0.4) is 0 Å².